The van der Waals surface area contributed by atoms with Crippen molar-refractivity contribution in [3.8, 4) is 12.8 Å². The molecule has 0 heterocycles. The molecule has 0 amide bonds. The van der Waals surface area contributed by atoms with Crippen LogP contribution >= 0.6 is 0 Å². The van der Waals surface area contributed by atoms with Crippen LogP contribution in [0.3, 0.4) is 0 Å². The Bertz CT molecular complexity index is 648. The molecule has 5 rings (SSSR count). The summed E-state index contributed by atoms with van der Waals surface area (Å²) in [5, 5.41) is 0. The molecule has 0 aromatic rings. The summed E-state index contributed by atoms with van der Waals surface area (Å²) in [6.07, 6.45) is 27.3. The van der Waals surface area contributed by atoms with Gasteiger partial charge < -0.3 is 5.73 Å². The molecule has 2 N–H and O–H groups in total. The minimum Gasteiger partial charge on any atom is -0.330 e. The van der Waals surface area contributed by atoms with Crippen LogP contribution in [0, 0.1) is 64.1 Å². The SMILES string of the molecule is C#C.CC.CC1(C)CCC[C@@]2(C)C1CC[C@@]1(C)C3CC[C@@]4(CN)CCCCC4[C@H]3CCC12. The van der Waals surface area contributed by atoms with Gasteiger partial charge in [-0.3, -0.25) is 0 Å². The van der Waals surface area contributed by atoms with Gasteiger partial charge in [0.05, 0.1) is 0 Å². The van der Waals surface area contributed by atoms with E-state index in [1.807, 2.05) is 13.8 Å². The minimum atomic E-state index is 0.524. The molecule has 0 spiro atoms. The monoisotopic (exact) mass is 441 g/mol. The van der Waals surface area contributed by atoms with Crippen LogP contribution in [0.1, 0.15) is 125 Å². The Morgan fingerprint density at radius 2 is 1.38 bits per heavy atom. The highest BCUT2D eigenvalue weighted by Gasteiger charge is 2.64. The number of hydrogen-bond acceptors (Lipinski definition) is 1. The first-order valence-electron chi connectivity index (χ1n) is 14.3. The molecular formula is C31H55N. The maximum atomic E-state index is 6.47. The smallest absolute Gasteiger partial charge is 0.00178 e. The van der Waals surface area contributed by atoms with Crippen molar-refractivity contribution in [3.63, 3.8) is 0 Å². The van der Waals surface area contributed by atoms with Crippen LogP contribution in [0.2, 0.25) is 0 Å². The van der Waals surface area contributed by atoms with Crippen molar-refractivity contribution < 1.29 is 0 Å². The predicted molar refractivity (Wildman–Crippen MR) is 140 cm³/mol. The minimum absolute atomic E-state index is 0.524. The highest BCUT2D eigenvalue weighted by atomic mass is 14.7. The van der Waals surface area contributed by atoms with Crippen molar-refractivity contribution >= 4 is 0 Å². The summed E-state index contributed by atoms with van der Waals surface area (Å²) in [6.45, 7) is 15.7. The molecule has 5 fully saturated rings. The molecule has 5 aliphatic carbocycles. The van der Waals surface area contributed by atoms with Crippen molar-refractivity contribution in [1.29, 1.82) is 0 Å². The van der Waals surface area contributed by atoms with Gasteiger partial charge in [0, 0.05) is 0 Å². The van der Waals surface area contributed by atoms with Crippen LogP contribution < -0.4 is 5.73 Å². The summed E-state index contributed by atoms with van der Waals surface area (Å²) in [4.78, 5) is 0. The van der Waals surface area contributed by atoms with Gasteiger partial charge in [-0.2, -0.15) is 0 Å². The maximum absolute atomic E-state index is 6.47. The molecule has 184 valence electrons. The molecule has 32 heavy (non-hydrogen) atoms. The Balaban J connectivity index is 0.000000686. The molecule has 1 nitrogen and oxygen atoms in total. The number of terminal acetylenes is 1. The van der Waals surface area contributed by atoms with Gasteiger partial charge in [-0.05, 0) is 122 Å². The van der Waals surface area contributed by atoms with E-state index in [-0.39, 0.29) is 0 Å². The third-order valence-corrected chi connectivity index (χ3v) is 12.1. The second-order valence-corrected chi connectivity index (χ2v) is 13.3. The lowest BCUT2D eigenvalue weighted by molar-refractivity contribution is -0.200. The zero-order chi connectivity index (χ0) is 23.8. The van der Waals surface area contributed by atoms with E-state index in [0.717, 1.165) is 36.1 Å². The number of fused-ring (bicyclic) bond motifs is 7. The average Bonchev–Trinajstić information content (AvgIpc) is 2.80. The van der Waals surface area contributed by atoms with E-state index in [0.29, 0.717) is 21.7 Å². The van der Waals surface area contributed by atoms with E-state index < -0.39 is 0 Å². The van der Waals surface area contributed by atoms with Gasteiger partial charge in [-0.15, -0.1) is 12.8 Å². The van der Waals surface area contributed by atoms with Crippen molar-refractivity contribution in [2.75, 3.05) is 6.54 Å². The number of hydrogen-bond donors (Lipinski definition) is 1. The molecule has 0 aliphatic heterocycles. The number of rotatable bonds is 1. The van der Waals surface area contributed by atoms with Crippen molar-refractivity contribution in [1.82, 2.24) is 0 Å². The van der Waals surface area contributed by atoms with Gasteiger partial charge in [0.2, 0.25) is 0 Å². The van der Waals surface area contributed by atoms with E-state index in [9.17, 15) is 0 Å². The lowest BCUT2D eigenvalue weighted by Crippen LogP contribution is -2.62. The van der Waals surface area contributed by atoms with Crippen LogP contribution in [-0.2, 0) is 0 Å². The van der Waals surface area contributed by atoms with Gasteiger partial charge in [0.25, 0.3) is 0 Å². The highest BCUT2D eigenvalue weighted by molar-refractivity contribution is 5.13. The van der Waals surface area contributed by atoms with Crippen molar-refractivity contribution in [3.05, 3.63) is 0 Å². The van der Waals surface area contributed by atoms with Gasteiger partial charge in [0.15, 0.2) is 0 Å². The summed E-state index contributed by atoms with van der Waals surface area (Å²) < 4.78 is 0. The predicted octanol–water partition coefficient (Wildman–Crippen LogP) is 8.47. The Morgan fingerprint density at radius 3 is 2.06 bits per heavy atom. The van der Waals surface area contributed by atoms with Gasteiger partial charge in [-0.25, -0.2) is 0 Å². The molecule has 0 aromatic carbocycles. The lowest BCUT2D eigenvalue weighted by atomic mass is 9.36. The Kier molecular flexibility index (Phi) is 7.87. The maximum Gasteiger partial charge on any atom is -0.00178 e. The molecule has 5 aliphatic rings. The van der Waals surface area contributed by atoms with Crippen LogP contribution in [0.25, 0.3) is 0 Å². The van der Waals surface area contributed by atoms with Crippen LogP contribution in [0.5, 0.6) is 0 Å². The van der Waals surface area contributed by atoms with Crippen molar-refractivity contribution in [2.45, 2.75) is 125 Å². The largest absolute Gasteiger partial charge is 0.330 e. The van der Waals surface area contributed by atoms with Crippen LogP contribution in [0.15, 0.2) is 0 Å². The highest BCUT2D eigenvalue weighted by Crippen LogP contribution is 2.72. The van der Waals surface area contributed by atoms with Gasteiger partial charge in [0.1, 0.15) is 0 Å². The fourth-order valence-electron chi connectivity index (χ4n) is 11.0. The Labute approximate surface area is 201 Å². The quantitative estimate of drug-likeness (QED) is 0.406. The Hall–Kier alpha value is -0.480. The molecule has 1 heteroatoms. The molecular weight excluding hydrogens is 386 g/mol. The van der Waals surface area contributed by atoms with Gasteiger partial charge >= 0.3 is 0 Å². The van der Waals surface area contributed by atoms with E-state index in [2.05, 4.69) is 40.5 Å². The first-order valence-corrected chi connectivity index (χ1v) is 14.3. The third kappa shape index (κ3) is 3.80. The molecule has 0 aromatic heterocycles. The van der Waals surface area contributed by atoms with E-state index in [4.69, 9.17) is 5.73 Å². The summed E-state index contributed by atoms with van der Waals surface area (Å²) in [5.41, 5.74) is 8.78. The lowest BCUT2D eigenvalue weighted by Gasteiger charge is -2.69. The molecule has 8 atom stereocenters. The number of nitrogens with two attached hydrogens (primary N) is 1. The summed E-state index contributed by atoms with van der Waals surface area (Å²) in [7, 11) is 0. The Morgan fingerprint density at radius 1 is 0.656 bits per heavy atom. The van der Waals surface area contributed by atoms with E-state index in [1.54, 1.807) is 0 Å². The second-order valence-electron chi connectivity index (χ2n) is 13.3. The zero-order valence-electron chi connectivity index (χ0n) is 22.5. The standard InChI is InChI=1S/C27H47N.C2H6.C2H2/c1-24(2)13-7-14-26(4)22(24)12-16-25(3)20-11-17-27(18-28)15-6-5-8-21(27)19(20)9-10-23(25)26;2*1-2/h19-23H,5-18,28H2,1-4H3;1-2H3;1-2H/t19-,20?,21?,22?,23?,25-,26-,27+;;/m0../s1. The molecule has 4 unspecified atom stereocenters. The molecule has 0 bridgehead atoms. The van der Waals surface area contributed by atoms with Crippen LogP contribution in [0.4, 0.5) is 0 Å². The van der Waals surface area contributed by atoms with Crippen LogP contribution in [-0.4, -0.2) is 6.54 Å². The van der Waals surface area contributed by atoms with Crippen molar-refractivity contribution in [2.24, 2.45) is 57.0 Å². The first kappa shape index (κ1) is 26.1. The van der Waals surface area contributed by atoms with E-state index >= 15 is 0 Å². The summed E-state index contributed by atoms with van der Waals surface area (Å²) in [5.74, 6) is 4.89. The normalized spacial score (nSPS) is 48.7. The molecule has 0 saturated heterocycles. The average molecular weight is 442 g/mol. The molecule has 0 radical (unpaired) electrons. The third-order valence-electron chi connectivity index (χ3n) is 12.1. The van der Waals surface area contributed by atoms with Gasteiger partial charge in [-0.1, -0.05) is 60.8 Å². The first-order chi connectivity index (χ1) is 15.3. The second kappa shape index (κ2) is 9.64. The fraction of sp³-hybridized carbons (Fsp3) is 0.935. The molecule has 5 saturated carbocycles. The summed E-state index contributed by atoms with van der Waals surface area (Å²) in [6, 6.07) is 0. The topological polar surface area (TPSA) is 26.0 Å². The zero-order valence-corrected chi connectivity index (χ0v) is 22.5. The fourth-order valence-corrected chi connectivity index (χ4v) is 11.0. The van der Waals surface area contributed by atoms with E-state index in [1.165, 1.54) is 83.5 Å². The summed E-state index contributed by atoms with van der Waals surface area (Å²) >= 11 is 0.